The minimum atomic E-state index is -2.75. The van der Waals surface area contributed by atoms with Gasteiger partial charge in [-0.15, -0.1) is 0 Å². The van der Waals surface area contributed by atoms with E-state index < -0.39 is 18.6 Å². The zero-order chi connectivity index (χ0) is 17.1. The quantitative estimate of drug-likeness (QED) is 0.874. The van der Waals surface area contributed by atoms with E-state index in [1.807, 2.05) is 0 Å². The average Bonchev–Trinajstić information content (AvgIpc) is 2.75. The van der Waals surface area contributed by atoms with Crippen LogP contribution in [-0.2, 0) is 20.7 Å². The van der Waals surface area contributed by atoms with Crippen LogP contribution in [0.15, 0.2) is 0 Å². The lowest BCUT2D eigenvalue weighted by Gasteiger charge is -2.32. The van der Waals surface area contributed by atoms with E-state index in [1.165, 1.54) is 11.8 Å². The van der Waals surface area contributed by atoms with Gasteiger partial charge in [0, 0.05) is 24.3 Å². The first-order valence-electron chi connectivity index (χ1n) is 7.23. The van der Waals surface area contributed by atoms with Crippen LogP contribution < -0.4 is 0 Å². The summed E-state index contributed by atoms with van der Waals surface area (Å²) in [5.74, 6) is -1.24. The first kappa shape index (κ1) is 17.3. The topological polar surface area (TPSA) is 84.7 Å². The highest BCUT2D eigenvalue weighted by molar-refractivity contribution is 5.79. The molecular weight excluding hydrogens is 312 g/mol. The Labute approximate surface area is 131 Å². The number of carbonyl (C=O) groups excluding carboxylic acids is 1. The summed E-state index contributed by atoms with van der Waals surface area (Å²) in [6, 6.07) is 0. The number of alkyl halides is 2. The summed E-state index contributed by atoms with van der Waals surface area (Å²) >= 11 is 0. The molecule has 1 aromatic rings. The van der Waals surface area contributed by atoms with Crippen molar-refractivity contribution < 1.29 is 28.2 Å². The minimum absolute atomic E-state index is 0.0375. The second-order valence-electron chi connectivity index (χ2n) is 5.48. The Morgan fingerprint density at radius 1 is 1.43 bits per heavy atom. The van der Waals surface area contributed by atoms with Crippen LogP contribution >= 0.6 is 0 Å². The lowest BCUT2D eigenvalue weighted by atomic mass is 10.1. The number of nitrogens with zero attached hydrogens (tertiary/aromatic N) is 3. The Hall–Kier alpha value is -2.03. The molecule has 128 valence electrons. The Bertz CT molecular complexity index is 603. The largest absolute Gasteiger partial charge is 0.481 e. The fourth-order valence-corrected chi connectivity index (χ4v) is 2.67. The summed E-state index contributed by atoms with van der Waals surface area (Å²) in [7, 11) is 0. The molecule has 1 unspecified atom stereocenters. The molecule has 0 saturated carbocycles. The van der Waals surface area contributed by atoms with Crippen LogP contribution in [0, 0.1) is 13.8 Å². The predicted octanol–water partition coefficient (Wildman–Crippen LogP) is 1.14. The summed E-state index contributed by atoms with van der Waals surface area (Å²) in [6.07, 6.45) is -0.758. The third-order valence-corrected chi connectivity index (χ3v) is 3.88. The van der Waals surface area contributed by atoms with Crippen LogP contribution in [0.5, 0.6) is 0 Å². The number of carboxylic acids is 1. The Balaban J connectivity index is 2.06. The van der Waals surface area contributed by atoms with E-state index >= 15 is 0 Å². The summed E-state index contributed by atoms with van der Waals surface area (Å²) in [5.41, 5.74) is 1.14. The highest BCUT2D eigenvalue weighted by atomic mass is 19.3. The second-order valence-corrected chi connectivity index (χ2v) is 5.48. The lowest BCUT2D eigenvalue weighted by molar-refractivity contribution is -0.147. The normalized spacial score (nSPS) is 18.5. The molecule has 1 N–H and O–H groups in total. The summed E-state index contributed by atoms with van der Waals surface area (Å²) in [4.78, 5) is 24.6. The summed E-state index contributed by atoms with van der Waals surface area (Å²) in [6.45, 7) is 1.14. The number of hydrogen-bond acceptors (Lipinski definition) is 4. The van der Waals surface area contributed by atoms with Crippen molar-refractivity contribution in [3.8, 4) is 0 Å². The van der Waals surface area contributed by atoms with E-state index in [4.69, 9.17) is 9.84 Å². The molecule has 1 aliphatic rings. The van der Waals surface area contributed by atoms with Crippen molar-refractivity contribution >= 4 is 11.9 Å². The molecule has 1 saturated heterocycles. The third-order valence-electron chi connectivity index (χ3n) is 3.88. The number of hydrogen-bond donors (Lipinski definition) is 1. The maximum Gasteiger partial charge on any atom is 0.333 e. The molecule has 0 aromatic carbocycles. The van der Waals surface area contributed by atoms with Gasteiger partial charge in [0.1, 0.15) is 0 Å². The molecule has 1 fully saturated rings. The number of aromatic nitrogens is 2. The van der Waals surface area contributed by atoms with Crippen molar-refractivity contribution in [2.24, 2.45) is 0 Å². The lowest BCUT2D eigenvalue weighted by Crippen LogP contribution is -2.46. The molecule has 0 spiro atoms. The number of amides is 1. The van der Waals surface area contributed by atoms with E-state index in [9.17, 15) is 18.4 Å². The summed E-state index contributed by atoms with van der Waals surface area (Å²) < 4.78 is 31.6. The molecule has 0 aliphatic carbocycles. The second kappa shape index (κ2) is 7.03. The molecule has 0 radical (unpaired) electrons. The van der Waals surface area contributed by atoms with Crippen LogP contribution in [0.1, 0.15) is 29.9 Å². The fraction of sp³-hybridized carbons (Fsp3) is 0.643. The molecule has 0 bridgehead atoms. The maximum atomic E-state index is 12.8. The van der Waals surface area contributed by atoms with Gasteiger partial charge in [-0.3, -0.25) is 9.59 Å². The molecule has 1 aliphatic heterocycles. The van der Waals surface area contributed by atoms with Gasteiger partial charge < -0.3 is 14.7 Å². The van der Waals surface area contributed by atoms with Gasteiger partial charge in [-0.2, -0.15) is 13.9 Å². The Kier molecular flexibility index (Phi) is 5.30. The average molecular weight is 331 g/mol. The van der Waals surface area contributed by atoms with Crippen LogP contribution in [0.2, 0.25) is 0 Å². The number of aliphatic carboxylic acids is 1. The highest BCUT2D eigenvalue weighted by Gasteiger charge is 2.27. The van der Waals surface area contributed by atoms with E-state index in [0.717, 1.165) is 0 Å². The summed E-state index contributed by atoms with van der Waals surface area (Å²) in [5, 5.41) is 12.5. The van der Waals surface area contributed by atoms with E-state index in [2.05, 4.69) is 5.10 Å². The molecule has 2 heterocycles. The molecule has 1 aromatic heterocycles. The highest BCUT2D eigenvalue weighted by Crippen LogP contribution is 2.21. The first-order chi connectivity index (χ1) is 10.8. The fourth-order valence-electron chi connectivity index (χ4n) is 2.67. The van der Waals surface area contributed by atoms with E-state index in [-0.39, 0.29) is 37.6 Å². The zero-order valence-corrected chi connectivity index (χ0v) is 13.0. The third kappa shape index (κ3) is 4.04. The van der Waals surface area contributed by atoms with Crippen molar-refractivity contribution in [2.45, 2.75) is 39.3 Å². The molecular formula is C14H19F2N3O4. The van der Waals surface area contributed by atoms with Crippen molar-refractivity contribution in [1.82, 2.24) is 14.7 Å². The molecule has 2 rings (SSSR count). The Morgan fingerprint density at radius 2 is 2.13 bits per heavy atom. The van der Waals surface area contributed by atoms with Gasteiger partial charge in [-0.25, -0.2) is 4.68 Å². The van der Waals surface area contributed by atoms with Gasteiger partial charge in [0.25, 0.3) is 0 Å². The van der Waals surface area contributed by atoms with E-state index in [1.54, 1.807) is 6.92 Å². The molecule has 1 amide bonds. The molecule has 7 nitrogen and oxygen atoms in total. The van der Waals surface area contributed by atoms with Gasteiger partial charge in [0.2, 0.25) is 5.91 Å². The van der Waals surface area contributed by atoms with Gasteiger partial charge >= 0.3 is 12.5 Å². The minimum Gasteiger partial charge on any atom is -0.481 e. The number of aryl methyl sites for hydroxylation is 1. The monoisotopic (exact) mass is 331 g/mol. The van der Waals surface area contributed by atoms with Crippen LogP contribution in [0.3, 0.4) is 0 Å². The van der Waals surface area contributed by atoms with Crippen molar-refractivity contribution in [2.75, 3.05) is 19.7 Å². The molecule has 1 atom stereocenters. The number of halogens is 2. The van der Waals surface area contributed by atoms with Gasteiger partial charge in [0.05, 0.1) is 31.2 Å². The standard InChI is InChI=1S/C14H19F2N3O4/c1-8-11(9(2)19(17-8)14(15)16)6-12(20)18-3-4-23-10(7-18)5-13(21)22/h10,14H,3-7H2,1-2H3,(H,21,22). The zero-order valence-electron chi connectivity index (χ0n) is 13.0. The molecule has 9 heteroatoms. The smallest absolute Gasteiger partial charge is 0.333 e. The number of carboxylic acid groups (broad SMARTS) is 1. The van der Waals surface area contributed by atoms with Crippen LogP contribution in [0.25, 0.3) is 0 Å². The van der Waals surface area contributed by atoms with Gasteiger partial charge in [-0.1, -0.05) is 0 Å². The maximum absolute atomic E-state index is 12.8. The Morgan fingerprint density at radius 3 is 2.70 bits per heavy atom. The SMILES string of the molecule is Cc1nn(C(F)F)c(C)c1CC(=O)N1CCOC(CC(=O)O)C1. The van der Waals surface area contributed by atoms with E-state index in [0.29, 0.717) is 22.5 Å². The van der Waals surface area contributed by atoms with Crippen molar-refractivity contribution in [1.29, 1.82) is 0 Å². The van der Waals surface area contributed by atoms with Crippen LogP contribution in [0.4, 0.5) is 8.78 Å². The van der Waals surface area contributed by atoms with Crippen molar-refractivity contribution in [3.05, 3.63) is 17.0 Å². The number of rotatable bonds is 5. The van der Waals surface area contributed by atoms with Gasteiger partial charge in [0.15, 0.2) is 0 Å². The molecule has 23 heavy (non-hydrogen) atoms. The number of morpholine rings is 1. The predicted molar refractivity (Wildman–Crippen MR) is 75.2 cm³/mol. The first-order valence-corrected chi connectivity index (χ1v) is 7.23. The van der Waals surface area contributed by atoms with Crippen molar-refractivity contribution in [3.63, 3.8) is 0 Å². The van der Waals surface area contributed by atoms with Crippen LogP contribution in [-0.4, -0.2) is 57.5 Å². The van der Waals surface area contributed by atoms with Gasteiger partial charge in [-0.05, 0) is 13.8 Å². The number of ether oxygens (including phenoxy) is 1. The number of carbonyl (C=O) groups is 2.